The van der Waals surface area contributed by atoms with Gasteiger partial charge in [-0.1, -0.05) is 71.1 Å². The average Bonchev–Trinajstić information content (AvgIpc) is 2.40. The Hall–Kier alpha value is -0.120. The van der Waals surface area contributed by atoms with Gasteiger partial charge in [0.05, 0.1) is 13.2 Å². The fourth-order valence-corrected chi connectivity index (χ4v) is 2.41. The molecule has 0 fully saturated rings. The maximum absolute atomic E-state index is 11.2. The van der Waals surface area contributed by atoms with E-state index in [0.717, 1.165) is 6.42 Å². The lowest BCUT2D eigenvalue weighted by Gasteiger charge is -2.20. The van der Waals surface area contributed by atoms with E-state index in [4.69, 9.17) is 5.11 Å². The second kappa shape index (κ2) is 15.9. The predicted octanol–water partition coefficient (Wildman–Crippen LogP) is 3.06. The molecule has 19 heavy (non-hydrogen) atoms. The van der Waals surface area contributed by atoms with Crippen LogP contribution >= 0.6 is 0 Å². The lowest BCUT2D eigenvalue weighted by atomic mass is 10.1. The van der Waals surface area contributed by atoms with Gasteiger partial charge in [-0.25, -0.2) is 0 Å². The normalized spacial score (nSPS) is 12.8. The lowest BCUT2D eigenvalue weighted by molar-refractivity contribution is -0.848. The Bertz CT molecular complexity index is 165. The third-order valence-corrected chi connectivity index (χ3v) is 3.70. The zero-order valence-electron chi connectivity index (χ0n) is 13.0. The van der Waals surface area contributed by atoms with E-state index in [1.54, 1.807) is 0 Å². The van der Waals surface area contributed by atoms with E-state index in [9.17, 15) is 5.21 Å². The Morgan fingerprint density at radius 1 is 0.684 bits per heavy atom. The fraction of sp³-hybridized carbons (Fsp3) is 1.00. The highest BCUT2D eigenvalue weighted by atomic mass is 16.5. The molecule has 0 radical (unpaired) electrons. The summed E-state index contributed by atoms with van der Waals surface area (Å²) in [6.45, 7) is 3.28. The number of aliphatic hydroxyl groups excluding tert-OH is 1. The number of nitrogens with one attached hydrogen (secondary N) is 1. The third-order valence-electron chi connectivity index (χ3n) is 3.70. The molecule has 0 aliphatic heterocycles. The van der Waals surface area contributed by atoms with Crippen molar-refractivity contribution in [3.05, 3.63) is 5.21 Å². The first-order chi connectivity index (χ1) is 9.31. The van der Waals surface area contributed by atoms with E-state index < -0.39 is 0 Å². The maximum atomic E-state index is 11.2. The topological polar surface area (TPSA) is 47.7 Å². The van der Waals surface area contributed by atoms with Crippen molar-refractivity contribution in [1.82, 2.24) is 0 Å². The SMILES string of the molecule is CCCCCCCCCCCCCC[NH+]([O-])CCO. The first-order valence-corrected chi connectivity index (χ1v) is 8.43. The summed E-state index contributed by atoms with van der Waals surface area (Å²) in [7, 11) is 0. The molecule has 0 aromatic carbocycles. The van der Waals surface area contributed by atoms with Crippen LogP contribution < -0.4 is 5.06 Å². The molecule has 0 bridgehead atoms. The molecule has 0 saturated carbocycles. The van der Waals surface area contributed by atoms with Crippen LogP contribution in [0.2, 0.25) is 0 Å². The van der Waals surface area contributed by atoms with Gasteiger partial charge in [0, 0.05) is 0 Å². The van der Waals surface area contributed by atoms with Crippen LogP contribution in [0.1, 0.15) is 84.0 Å². The van der Waals surface area contributed by atoms with E-state index in [1.165, 1.54) is 70.6 Å². The van der Waals surface area contributed by atoms with Crippen LogP contribution in [0, 0.1) is 5.21 Å². The van der Waals surface area contributed by atoms with Crippen LogP contribution in [-0.4, -0.2) is 24.8 Å². The minimum atomic E-state index is 0.0110. The van der Waals surface area contributed by atoms with Gasteiger partial charge in [-0.3, -0.25) is 0 Å². The van der Waals surface area contributed by atoms with Gasteiger partial charge in [0.15, 0.2) is 0 Å². The van der Waals surface area contributed by atoms with Gasteiger partial charge >= 0.3 is 0 Å². The zero-order valence-corrected chi connectivity index (χ0v) is 13.0. The second-order valence-corrected chi connectivity index (χ2v) is 5.65. The molecule has 0 aliphatic carbocycles. The fourth-order valence-electron chi connectivity index (χ4n) is 2.41. The molecule has 1 unspecified atom stereocenters. The van der Waals surface area contributed by atoms with E-state index in [0.29, 0.717) is 13.1 Å². The van der Waals surface area contributed by atoms with Crippen molar-refractivity contribution < 1.29 is 10.2 Å². The van der Waals surface area contributed by atoms with E-state index in [1.807, 2.05) is 0 Å². The summed E-state index contributed by atoms with van der Waals surface area (Å²) >= 11 is 0. The summed E-state index contributed by atoms with van der Waals surface area (Å²) in [4.78, 5) is 0. The van der Waals surface area contributed by atoms with Crippen LogP contribution in [0.5, 0.6) is 0 Å². The summed E-state index contributed by atoms with van der Waals surface area (Å²) in [6, 6.07) is 0. The Morgan fingerprint density at radius 2 is 1.11 bits per heavy atom. The standard InChI is InChI=1S/C16H35NO2/c1-2-3-4-5-6-7-8-9-10-11-12-13-14-17(19)15-16-18/h17-18H,2-16H2,1H3. The van der Waals surface area contributed by atoms with E-state index in [-0.39, 0.29) is 11.7 Å². The molecule has 0 aliphatic rings. The molecule has 0 aromatic rings. The van der Waals surface area contributed by atoms with Crippen molar-refractivity contribution in [2.75, 3.05) is 19.7 Å². The number of unbranched alkanes of at least 4 members (excludes halogenated alkanes) is 11. The highest BCUT2D eigenvalue weighted by Gasteiger charge is 1.97. The Labute approximate surface area is 120 Å². The number of aliphatic hydroxyl groups is 1. The van der Waals surface area contributed by atoms with Gasteiger partial charge in [-0.2, -0.15) is 0 Å². The van der Waals surface area contributed by atoms with Crippen molar-refractivity contribution in [2.24, 2.45) is 0 Å². The Balaban J connectivity index is 2.99. The number of rotatable bonds is 15. The van der Waals surface area contributed by atoms with Crippen molar-refractivity contribution in [3.63, 3.8) is 0 Å². The number of quaternary nitrogens is 1. The molecule has 3 heteroatoms. The monoisotopic (exact) mass is 273 g/mol. The smallest absolute Gasteiger partial charge is 0.100 e. The molecule has 0 rings (SSSR count). The van der Waals surface area contributed by atoms with Crippen LogP contribution in [0.3, 0.4) is 0 Å². The zero-order chi connectivity index (χ0) is 14.2. The third kappa shape index (κ3) is 15.8. The summed E-state index contributed by atoms with van der Waals surface area (Å²) in [5.74, 6) is 0. The molecule has 2 N–H and O–H groups in total. The van der Waals surface area contributed by atoms with Crippen molar-refractivity contribution in [3.8, 4) is 0 Å². The molecule has 0 spiro atoms. The largest absolute Gasteiger partial charge is 0.634 e. The number of hydrogen-bond acceptors (Lipinski definition) is 2. The molecular formula is C16H35NO2. The quantitative estimate of drug-likeness (QED) is 0.356. The molecule has 1 atom stereocenters. The molecular weight excluding hydrogens is 238 g/mol. The number of hydroxylamine groups is 2. The first-order valence-electron chi connectivity index (χ1n) is 8.43. The van der Waals surface area contributed by atoms with Gasteiger partial charge in [-0.05, 0) is 12.8 Å². The summed E-state index contributed by atoms with van der Waals surface area (Å²) in [5, 5.41) is 20.0. The van der Waals surface area contributed by atoms with Crippen molar-refractivity contribution in [2.45, 2.75) is 84.0 Å². The van der Waals surface area contributed by atoms with Gasteiger partial charge in [-0.15, -0.1) is 0 Å². The number of hydrogen-bond donors (Lipinski definition) is 2. The predicted molar refractivity (Wildman–Crippen MR) is 82.2 cm³/mol. The van der Waals surface area contributed by atoms with Crippen molar-refractivity contribution >= 4 is 0 Å². The molecule has 0 heterocycles. The second-order valence-electron chi connectivity index (χ2n) is 5.65. The van der Waals surface area contributed by atoms with Gasteiger partial charge in [0.1, 0.15) is 6.54 Å². The van der Waals surface area contributed by atoms with Crippen LogP contribution in [0.25, 0.3) is 0 Å². The molecule has 116 valence electrons. The first kappa shape index (κ1) is 18.9. The van der Waals surface area contributed by atoms with E-state index >= 15 is 0 Å². The van der Waals surface area contributed by atoms with Crippen LogP contribution in [0.4, 0.5) is 0 Å². The van der Waals surface area contributed by atoms with E-state index in [2.05, 4.69) is 6.92 Å². The molecule has 0 aromatic heterocycles. The van der Waals surface area contributed by atoms with Crippen LogP contribution in [-0.2, 0) is 0 Å². The highest BCUT2D eigenvalue weighted by Crippen LogP contribution is 2.11. The van der Waals surface area contributed by atoms with Gasteiger partial charge in [0.25, 0.3) is 0 Å². The van der Waals surface area contributed by atoms with Crippen molar-refractivity contribution in [1.29, 1.82) is 0 Å². The van der Waals surface area contributed by atoms with Gasteiger partial charge < -0.3 is 15.4 Å². The Kier molecular flexibility index (Phi) is 15.8. The molecule has 3 nitrogen and oxygen atoms in total. The minimum absolute atomic E-state index is 0.0110. The summed E-state index contributed by atoms with van der Waals surface area (Å²) < 4.78 is 0. The van der Waals surface area contributed by atoms with Gasteiger partial charge in [0.2, 0.25) is 0 Å². The highest BCUT2D eigenvalue weighted by molar-refractivity contribution is 4.48. The van der Waals surface area contributed by atoms with Crippen LogP contribution in [0.15, 0.2) is 0 Å². The minimum Gasteiger partial charge on any atom is -0.634 e. The summed E-state index contributed by atoms with van der Waals surface area (Å²) in [5.41, 5.74) is 0. The average molecular weight is 273 g/mol. The molecule has 0 saturated heterocycles. The maximum Gasteiger partial charge on any atom is 0.100 e. The molecule has 0 amide bonds. The lowest BCUT2D eigenvalue weighted by Crippen LogP contribution is -3.07. The Morgan fingerprint density at radius 3 is 1.53 bits per heavy atom. The summed E-state index contributed by atoms with van der Waals surface area (Å²) in [6.07, 6.45) is 15.9.